The van der Waals surface area contributed by atoms with Crippen LogP contribution in [0.25, 0.3) is 0 Å². The molecule has 2 aliphatic heterocycles. The minimum atomic E-state index is -0.541. The molecule has 116 valence electrons. The number of nitrogens with zero attached hydrogens (tertiary/aromatic N) is 1. The zero-order valence-corrected chi connectivity index (χ0v) is 13.3. The highest BCUT2D eigenvalue weighted by Crippen LogP contribution is 2.34. The molecule has 1 saturated heterocycles. The molecule has 1 unspecified atom stereocenters. The number of rotatable bonds is 3. The molecule has 0 aliphatic carbocycles. The molecule has 21 heavy (non-hydrogen) atoms. The van der Waals surface area contributed by atoms with Crippen molar-refractivity contribution in [1.29, 1.82) is 0 Å². The first-order valence-electron chi connectivity index (χ1n) is 8.36. The zero-order valence-electron chi connectivity index (χ0n) is 13.3. The molecule has 0 radical (unpaired) electrons. The largest absolute Gasteiger partial charge is 0.388 e. The molecule has 1 aromatic carbocycles. The highest BCUT2D eigenvalue weighted by molar-refractivity contribution is 5.54. The Bertz CT molecular complexity index is 478. The lowest BCUT2D eigenvalue weighted by Crippen LogP contribution is -2.55. The number of hydrogen-bond donors (Lipinski definition) is 2. The van der Waals surface area contributed by atoms with Crippen molar-refractivity contribution in [3.8, 4) is 0 Å². The smallest absolute Gasteiger partial charge is 0.0872 e. The fourth-order valence-corrected chi connectivity index (χ4v) is 3.83. The van der Waals surface area contributed by atoms with Gasteiger partial charge in [0.2, 0.25) is 0 Å². The third-order valence-electron chi connectivity index (χ3n) is 5.04. The van der Waals surface area contributed by atoms with Gasteiger partial charge >= 0.3 is 0 Å². The van der Waals surface area contributed by atoms with Crippen LogP contribution < -0.4 is 5.32 Å². The number of piperidine rings is 1. The Hall–Kier alpha value is -1.06. The average molecular weight is 288 g/mol. The van der Waals surface area contributed by atoms with Gasteiger partial charge in [0.1, 0.15) is 0 Å². The van der Waals surface area contributed by atoms with Crippen LogP contribution in [-0.4, -0.2) is 41.3 Å². The number of para-hydroxylation sites is 1. The van der Waals surface area contributed by atoms with Crippen molar-refractivity contribution in [3.05, 3.63) is 29.8 Å². The summed E-state index contributed by atoms with van der Waals surface area (Å²) in [6.45, 7) is 7.72. The molecule has 0 saturated carbocycles. The van der Waals surface area contributed by atoms with Gasteiger partial charge in [-0.2, -0.15) is 0 Å². The summed E-state index contributed by atoms with van der Waals surface area (Å²) in [5, 5.41) is 14.7. The second-order valence-electron chi connectivity index (χ2n) is 7.19. The van der Waals surface area contributed by atoms with Crippen molar-refractivity contribution in [2.45, 2.75) is 51.2 Å². The fraction of sp³-hybridized carbons (Fsp3) is 0.667. The lowest BCUT2D eigenvalue weighted by Gasteiger charge is -2.45. The number of fused-ring (bicyclic) bond motifs is 1. The van der Waals surface area contributed by atoms with E-state index in [0.29, 0.717) is 5.92 Å². The summed E-state index contributed by atoms with van der Waals surface area (Å²) < 4.78 is 0. The van der Waals surface area contributed by atoms with Crippen LogP contribution in [0.4, 0.5) is 5.69 Å². The van der Waals surface area contributed by atoms with Gasteiger partial charge in [-0.3, -0.25) is 0 Å². The quantitative estimate of drug-likeness (QED) is 0.898. The van der Waals surface area contributed by atoms with E-state index in [9.17, 15) is 5.11 Å². The van der Waals surface area contributed by atoms with Gasteiger partial charge in [0, 0.05) is 25.3 Å². The van der Waals surface area contributed by atoms with E-state index < -0.39 is 5.60 Å². The molecule has 0 amide bonds. The Kier molecular flexibility index (Phi) is 4.23. The van der Waals surface area contributed by atoms with E-state index >= 15 is 0 Å². The second-order valence-corrected chi connectivity index (χ2v) is 7.19. The van der Waals surface area contributed by atoms with Crippen molar-refractivity contribution in [2.24, 2.45) is 5.92 Å². The third-order valence-corrected chi connectivity index (χ3v) is 5.04. The van der Waals surface area contributed by atoms with E-state index in [-0.39, 0.29) is 6.04 Å². The van der Waals surface area contributed by atoms with E-state index in [1.54, 1.807) is 0 Å². The molecule has 1 atom stereocenters. The third kappa shape index (κ3) is 3.24. The molecule has 0 spiro atoms. The van der Waals surface area contributed by atoms with Crippen LogP contribution in [0.3, 0.4) is 0 Å². The van der Waals surface area contributed by atoms with Crippen LogP contribution in [-0.2, 0) is 6.42 Å². The van der Waals surface area contributed by atoms with Crippen LogP contribution in [0.1, 0.15) is 38.7 Å². The number of aryl methyl sites for hydroxylation is 1. The summed E-state index contributed by atoms with van der Waals surface area (Å²) in [4.78, 5) is 2.50. The summed E-state index contributed by atoms with van der Waals surface area (Å²) >= 11 is 0. The van der Waals surface area contributed by atoms with Crippen molar-refractivity contribution in [2.75, 3.05) is 25.0 Å². The zero-order chi connectivity index (χ0) is 14.9. The van der Waals surface area contributed by atoms with Gasteiger partial charge in [0.25, 0.3) is 0 Å². The SMILES string of the molecule is CC(C)CN1CCC(O)(C2CCc3ccccc3N2)CC1. The van der Waals surface area contributed by atoms with Gasteiger partial charge in [-0.25, -0.2) is 0 Å². The molecule has 1 aromatic rings. The van der Waals surface area contributed by atoms with Gasteiger partial charge in [0.05, 0.1) is 11.6 Å². The van der Waals surface area contributed by atoms with E-state index in [1.165, 1.54) is 11.3 Å². The van der Waals surface area contributed by atoms with Crippen LogP contribution in [0.5, 0.6) is 0 Å². The molecule has 2 aliphatic rings. The van der Waals surface area contributed by atoms with Crippen LogP contribution in [0.15, 0.2) is 24.3 Å². The lowest BCUT2D eigenvalue weighted by molar-refractivity contribution is -0.0398. The Morgan fingerprint density at radius 2 is 2.00 bits per heavy atom. The fourth-order valence-electron chi connectivity index (χ4n) is 3.83. The van der Waals surface area contributed by atoms with Crippen LogP contribution >= 0.6 is 0 Å². The summed E-state index contributed by atoms with van der Waals surface area (Å²) in [5.74, 6) is 0.705. The highest BCUT2D eigenvalue weighted by Gasteiger charge is 2.40. The number of hydrogen-bond acceptors (Lipinski definition) is 3. The maximum Gasteiger partial charge on any atom is 0.0872 e. The van der Waals surface area contributed by atoms with Crippen molar-refractivity contribution < 1.29 is 5.11 Å². The Balaban J connectivity index is 1.63. The van der Waals surface area contributed by atoms with E-state index in [0.717, 1.165) is 45.3 Å². The second kappa shape index (κ2) is 5.98. The molecule has 0 aromatic heterocycles. The first-order valence-corrected chi connectivity index (χ1v) is 8.36. The topological polar surface area (TPSA) is 35.5 Å². The number of benzene rings is 1. The standard InChI is InChI=1S/C18H28N2O/c1-14(2)13-20-11-9-18(21,10-12-20)17-8-7-15-5-3-4-6-16(15)19-17/h3-6,14,17,19,21H,7-13H2,1-2H3. The maximum atomic E-state index is 11.1. The number of nitrogens with one attached hydrogen (secondary N) is 1. The van der Waals surface area contributed by atoms with Crippen molar-refractivity contribution >= 4 is 5.69 Å². The number of likely N-dealkylation sites (tertiary alicyclic amines) is 1. The minimum absolute atomic E-state index is 0.202. The number of aliphatic hydroxyl groups is 1. The van der Waals surface area contributed by atoms with Crippen molar-refractivity contribution in [3.63, 3.8) is 0 Å². The van der Waals surface area contributed by atoms with E-state index in [1.807, 2.05) is 0 Å². The van der Waals surface area contributed by atoms with E-state index in [2.05, 4.69) is 48.3 Å². The Labute approximate surface area is 128 Å². The first kappa shape index (κ1) is 14.9. The lowest BCUT2D eigenvalue weighted by atomic mass is 9.79. The van der Waals surface area contributed by atoms with Crippen LogP contribution in [0.2, 0.25) is 0 Å². The maximum absolute atomic E-state index is 11.1. The average Bonchev–Trinajstić information content (AvgIpc) is 2.49. The molecular formula is C18H28N2O. The first-order chi connectivity index (χ1) is 10.1. The Morgan fingerprint density at radius 3 is 2.71 bits per heavy atom. The molecular weight excluding hydrogens is 260 g/mol. The molecule has 2 heterocycles. The monoisotopic (exact) mass is 288 g/mol. The van der Waals surface area contributed by atoms with Gasteiger partial charge in [-0.1, -0.05) is 32.0 Å². The van der Waals surface area contributed by atoms with Gasteiger partial charge in [0.15, 0.2) is 0 Å². The molecule has 0 bridgehead atoms. The minimum Gasteiger partial charge on any atom is -0.388 e. The number of anilines is 1. The molecule has 1 fully saturated rings. The summed E-state index contributed by atoms with van der Waals surface area (Å²) in [6.07, 6.45) is 3.89. The predicted molar refractivity (Wildman–Crippen MR) is 87.6 cm³/mol. The summed E-state index contributed by atoms with van der Waals surface area (Å²) in [7, 11) is 0. The molecule has 3 nitrogen and oxygen atoms in total. The Morgan fingerprint density at radius 1 is 1.29 bits per heavy atom. The van der Waals surface area contributed by atoms with Crippen molar-refractivity contribution in [1.82, 2.24) is 4.90 Å². The normalized spacial score (nSPS) is 25.4. The summed E-state index contributed by atoms with van der Waals surface area (Å²) in [6, 6.07) is 8.70. The molecule has 3 rings (SSSR count). The summed E-state index contributed by atoms with van der Waals surface area (Å²) in [5.41, 5.74) is 2.06. The molecule has 3 heteroatoms. The van der Waals surface area contributed by atoms with Gasteiger partial charge in [-0.15, -0.1) is 0 Å². The van der Waals surface area contributed by atoms with Gasteiger partial charge in [-0.05, 0) is 43.2 Å². The molecule has 2 N–H and O–H groups in total. The highest BCUT2D eigenvalue weighted by atomic mass is 16.3. The van der Waals surface area contributed by atoms with Crippen LogP contribution in [0, 0.1) is 5.92 Å². The van der Waals surface area contributed by atoms with E-state index in [4.69, 9.17) is 0 Å². The van der Waals surface area contributed by atoms with Gasteiger partial charge < -0.3 is 15.3 Å². The predicted octanol–water partition coefficient (Wildman–Crippen LogP) is 2.90.